The second-order valence-corrected chi connectivity index (χ2v) is 12.8. The van der Waals surface area contributed by atoms with Gasteiger partial charge in [0.2, 0.25) is 0 Å². The Balaban J connectivity index is 1.69. The van der Waals surface area contributed by atoms with Gasteiger partial charge in [-0.1, -0.05) is 17.8 Å². The van der Waals surface area contributed by atoms with Gasteiger partial charge in [-0.05, 0) is 24.3 Å². The number of thioether (sulfide) groups is 1. The molecule has 0 spiro atoms. The number of hydrogen-bond acceptors (Lipinski definition) is 10. The molecular formula is C22H26N4O7S3. The van der Waals surface area contributed by atoms with Crippen LogP contribution in [-0.4, -0.2) is 83.9 Å². The predicted octanol–water partition coefficient (Wildman–Crippen LogP) is 2.25. The molecule has 14 heteroatoms. The molecule has 0 fully saturated rings. The molecule has 1 N–H and O–H groups in total. The van der Waals surface area contributed by atoms with Crippen molar-refractivity contribution in [3.8, 4) is 5.75 Å². The van der Waals surface area contributed by atoms with Gasteiger partial charge in [-0.3, -0.25) is 13.5 Å². The summed E-state index contributed by atoms with van der Waals surface area (Å²) in [4.78, 5) is 11.8. The van der Waals surface area contributed by atoms with Crippen molar-refractivity contribution in [2.45, 2.75) is 10.3 Å². The van der Waals surface area contributed by atoms with Crippen LogP contribution in [0.2, 0.25) is 0 Å². The molecule has 36 heavy (non-hydrogen) atoms. The van der Waals surface area contributed by atoms with E-state index in [9.17, 15) is 16.8 Å². The maximum atomic E-state index is 13.3. The Morgan fingerprint density at radius 1 is 1.17 bits per heavy atom. The summed E-state index contributed by atoms with van der Waals surface area (Å²) in [5.41, 5.74) is 1.62. The number of H-pyrrole nitrogens is 1. The molecule has 194 valence electrons. The standard InChI is InChI=1S/C22H26N4O7S3/c1-26(36(29,30)20-6-4-5-7-23-20)19-12-16(32-9-8-31-2)10-15-11-18(25-21(15)19)22-24-13-17(34-22)14-33-35(3,27)28/h4-7,10-12,17,25H,8-9,13-14H2,1-3H3. The Labute approximate surface area is 214 Å². The number of aromatic nitrogens is 2. The summed E-state index contributed by atoms with van der Waals surface area (Å²) in [5.74, 6) is 0.476. The first-order chi connectivity index (χ1) is 17.1. The summed E-state index contributed by atoms with van der Waals surface area (Å²) in [7, 11) is -4.47. The van der Waals surface area contributed by atoms with E-state index in [0.29, 0.717) is 47.4 Å². The van der Waals surface area contributed by atoms with Crippen LogP contribution in [0.1, 0.15) is 5.69 Å². The minimum Gasteiger partial charge on any atom is -0.491 e. The zero-order valence-electron chi connectivity index (χ0n) is 19.9. The van der Waals surface area contributed by atoms with E-state index in [1.807, 2.05) is 6.07 Å². The molecule has 1 aromatic carbocycles. The smallest absolute Gasteiger partial charge is 0.281 e. The maximum Gasteiger partial charge on any atom is 0.281 e. The van der Waals surface area contributed by atoms with Gasteiger partial charge >= 0.3 is 0 Å². The number of methoxy groups -OCH3 is 1. The number of fused-ring (bicyclic) bond motifs is 1. The number of rotatable bonds is 11. The second kappa shape index (κ2) is 10.8. The van der Waals surface area contributed by atoms with Gasteiger partial charge in [-0.25, -0.2) is 4.98 Å². The highest BCUT2D eigenvalue weighted by molar-refractivity contribution is 8.15. The summed E-state index contributed by atoms with van der Waals surface area (Å²) < 4.78 is 66.2. The minimum absolute atomic E-state index is 0.0184. The minimum atomic E-state index is -3.95. The largest absolute Gasteiger partial charge is 0.491 e. The number of nitrogens with zero attached hydrogens (tertiary/aromatic N) is 3. The lowest BCUT2D eigenvalue weighted by Crippen LogP contribution is -2.27. The third-order valence-electron chi connectivity index (χ3n) is 5.25. The molecule has 1 aliphatic heterocycles. The van der Waals surface area contributed by atoms with Gasteiger partial charge in [0, 0.05) is 31.8 Å². The summed E-state index contributed by atoms with van der Waals surface area (Å²) in [6.07, 6.45) is 2.43. The number of aliphatic imine (C=N–C) groups is 1. The molecule has 0 radical (unpaired) electrons. The highest BCUT2D eigenvalue weighted by Gasteiger charge is 2.27. The quantitative estimate of drug-likeness (QED) is 0.279. The van der Waals surface area contributed by atoms with E-state index in [2.05, 4.69) is 15.0 Å². The molecular weight excluding hydrogens is 528 g/mol. The van der Waals surface area contributed by atoms with Crippen LogP contribution in [0, 0.1) is 0 Å². The fourth-order valence-corrected chi connectivity index (χ4v) is 6.12. The van der Waals surface area contributed by atoms with Gasteiger partial charge in [0.15, 0.2) is 5.03 Å². The zero-order valence-corrected chi connectivity index (χ0v) is 22.3. The SMILES string of the molecule is COCCOc1cc(N(C)S(=O)(=O)c2ccccn2)c2[nH]c(C3=NCC(COS(C)(=O)=O)S3)cc2c1. The number of benzene rings is 1. The van der Waals surface area contributed by atoms with Crippen molar-refractivity contribution in [3.05, 3.63) is 48.3 Å². The molecule has 3 aromatic rings. The van der Waals surface area contributed by atoms with Crippen molar-refractivity contribution in [1.29, 1.82) is 0 Å². The molecule has 11 nitrogen and oxygen atoms in total. The molecule has 0 saturated heterocycles. The van der Waals surface area contributed by atoms with E-state index >= 15 is 0 Å². The first-order valence-electron chi connectivity index (χ1n) is 10.8. The van der Waals surface area contributed by atoms with Gasteiger partial charge < -0.3 is 14.5 Å². The Morgan fingerprint density at radius 3 is 2.67 bits per heavy atom. The summed E-state index contributed by atoms with van der Waals surface area (Å²) in [5, 5.41) is 1.16. The summed E-state index contributed by atoms with van der Waals surface area (Å²) >= 11 is 1.40. The van der Waals surface area contributed by atoms with Crippen LogP contribution >= 0.6 is 11.8 Å². The van der Waals surface area contributed by atoms with E-state index in [1.54, 1.807) is 31.4 Å². The molecule has 0 amide bonds. The van der Waals surface area contributed by atoms with E-state index in [-0.39, 0.29) is 16.9 Å². The molecule has 3 heterocycles. The van der Waals surface area contributed by atoms with Gasteiger partial charge in [-0.15, -0.1) is 0 Å². The lowest BCUT2D eigenvalue weighted by atomic mass is 10.2. The lowest BCUT2D eigenvalue weighted by Gasteiger charge is -2.20. The van der Waals surface area contributed by atoms with E-state index in [4.69, 9.17) is 13.7 Å². The molecule has 0 aliphatic carbocycles. The van der Waals surface area contributed by atoms with Gasteiger partial charge in [0.05, 0.1) is 48.2 Å². The Morgan fingerprint density at radius 2 is 1.97 bits per heavy atom. The van der Waals surface area contributed by atoms with Crippen LogP contribution in [0.25, 0.3) is 10.9 Å². The molecule has 2 aromatic heterocycles. The molecule has 0 saturated carbocycles. The van der Waals surface area contributed by atoms with Crippen molar-refractivity contribution in [1.82, 2.24) is 9.97 Å². The molecule has 4 rings (SSSR count). The van der Waals surface area contributed by atoms with Crippen LogP contribution in [0.4, 0.5) is 5.69 Å². The van der Waals surface area contributed by atoms with E-state index in [1.165, 1.54) is 31.1 Å². The van der Waals surface area contributed by atoms with Crippen molar-refractivity contribution >= 4 is 53.5 Å². The predicted molar refractivity (Wildman–Crippen MR) is 139 cm³/mol. The fraction of sp³-hybridized carbons (Fsp3) is 0.364. The van der Waals surface area contributed by atoms with Crippen molar-refractivity contribution < 1.29 is 30.5 Å². The highest BCUT2D eigenvalue weighted by atomic mass is 32.2. The normalized spacial score (nSPS) is 16.3. The number of ether oxygens (including phenoxy) is 2. The highest BCUT2D eigenvalue weighted by Crippen LogP contribution is 2.36. The van der Waals surface area contributed by atoms with Gasteiger partial charge in [0.1, 0.15) is 17.4 Å². The number of pyridine rings is 1. The number of hydrogen-bond donors (Lipinski definition) is 1. The Kier molecular flexibility index (Phi) is 7.90. The molecule has 0 bridgehead atoms. The van der Waals surface area contributed by atoms with Gasteiger partial charge in [-0.2, -0.15) is 16.8 Å². The first-order valence-corrected chi connectivity index (χ1v) is 15.0. The summed E-state index contributed by atoms with van der Waals surface area (Å²) in [6.45, 7) is 1.08. The van der Waals surface area contributed by atoms with Crippen molar-refractivity contribution in [2.75, 3.05) is 51.1 Å². The van der Waals surface area contributed by atoms with Crippen LogP contribution in [0.3, 0.4) is 0 Å². The lowest BCUT2D eigenvalue weighted by molar-refractivity contribution is 0.146. The monoisotopic (exact) mass is 554 g/mol. The third-order valence-corrected chi connectivity index (χ3v) is 8.70. The summed E-state index contributed by atoms with van der Waals surface area (Å²) in [6, 6.07) is 10.00. The van der Waals surface area contributed by atoms with Crippen LogP contribution in [-0.2, 0) is 29.1 Å². The maximum absolute atomic E-state index is 13.3. The number of sulfonamides is 1. The average Bonchev–Trinajstić information content (AvgIpc) is 3.49. The third kappa shape index (κ3) is 6.00. The van der Waals surface area contributed by atoms with Crippen LogP contribution < -0.4 is 9.04 Å². The average molecular weight is 555 g/mol. The number of nitrogens with one attached hydrogen (secondary N) is 1. The fourth-order valence-electron chi connectivity index (χ4n) is 3.51. The topological polar surface area (TPSA) is 140 Å². The van der Waals surface area contributed by atoms with E-state index < -0.39 is 20.1 Å². The first kappa shape index (κ1) is 26.4. The molecule has 1 atom stereocenters. The van der Waals surface area contributed by atoms with Gasteiger partial charge in [0.25, 0.3) is 20.1 Å². The number of aromatic amines is 1. The Hall–Kier alpha value is -2.65. The Bertz CT molecular complexity index is 1470. The zero-order chi connectivity index (χ0) is 25.9. The number of anilines is 1. The van der Waals surface area contributed by atoms with Crippen LogP contribution in [0.15, 0.2) is 52.6 Å². The molecule has 1 aliphatic rings. The molecule has 1 unspecified atom stereocenters. The van der Waals surface area contributed by atoms with Crippen molar-refractivity contribution in [3.63, 3.8) is 0 Å². The van der Waals surface area contributed by atoms with Crippen LogP contribution in [0.5, 0.6) is 5.75 Å². The van der Waals surface area contributed by atoms with Crippen molar-refractivity contribution in [2.24, 2.45) is 4.99 Å². The van der Waals surface area contributed by atoms with E-state index in [0.717, 1.165) is 15.9 Å². The second-order valence-electron chi connectivity index (χ2n) is 7.95.